The molecule has 194 valence electrons. The first-order chi connectivity index (χ1) is 17.6. The quantitative estimate of drug-likeness (QED) is 0.426. The highest BCUT2D eigenvalue weighted by Crippen LogP contribution is 2.27. The van der Waals surface area contributed by atoms with Gasteiger partial charge in [0.1, 0.15) is 10.8 Å². The zero-order chi connectivity index (χ0) is 26.6. The van der Waals surface area contributed by atoms with Gasteiger partial charge in [0.25, 0.3) is 0 Å². The number of piperidine rings is 1. The van der Waals surface area contributed by atoms with Gasteiger partial charge in [-0.3, -0.25) is 4.79 Å². The van der Waals surface area contributed by atoms with E-state index in [2.05, 4.69) is 15.3 Å². The lowest BCUT2D eigenvalue weighted by Gasteiger charge is -2.32. The molecule has 1 aliphatic rings. The number of hydrogen-bond donors (Lipinski definition) is 2. The van der Waals surface area contributed by atoms with E-state index < -0.39 is 5.60 Å². The minimum atomic E-state index is -0.548. The Labute approximate surface area is 221 Å². The summed E-state index contributed by atoms with van der Waals surface area (Å²) in [7, 11) is 0. The average molecular weight is 523 g/mol. The molecule has 0 spiro atoms. The van der Waals surface area contributed by atoms with E-state index >= 15 is 0 Å². The molecule has 0 radical (unpaired) electrons. The second-order valence-electron chi connectivity index (χ2n) is 10.1. The van der Waals surface area contributed by atoms with Crippen LogP contribution >= 0.6 is 11.6 Å². The van der Waals surface area contributed by atoms with Gasteiger partial charge in [0.2, 0.25) is 5.91 Å². The first kappa shape index (κ1) is 26.6. The fraction of sp³-hybridized carbons (Fsp3) is 0.357. The van der Waals surface area contributed by atoms with E-state index in [4.69, 9.17) is 16.3 Å². The van der Waals surface area contributed by atoms with E-state index in [1.54, 1.807) is 11.0 Å². The topological polar surface area (TPSA) is 105 Å². The Balaban J connectivity index is 1.44. The number of benzene rings is 2. The molecule has 2 amide bonds. The number of halogens is 1. The highest BCUT2D eigenvalue weighted by Gasteiger charge is 2.30. The molecule has 0 saturated carbocycles. The fourth-order valence-electron chi connectivity index (χ4n) is 4.15. The number of likely N-dealkylation sites (tertiary alicyclic amines) is 1. The van der Waals surface area contributed by atoms with Crippen LogP contribution in [0.25, 0.3) is 22.6 Å². The number of nitrogens with one attached hydrogen (secondary N) is 1. The van der Waals surface area contributed by atoms with Crippen LogP contribution in [0.3, 0.4) is 0 Å². The van der Waals surface area contributed by atoms with Crippen molar-refractivity contribution in [3.8, 4) is 22.6 Å². The molecule has 1 saturated heterocycles. The number of carbonyl (C=O) groups is 2. The lowest BCUT2D eigenvalue weighted by molar-refractivity contribution is -0.121. The Bertz CT molecular complexity index is 1280. The Morgan fingerprint density at radius 1 is 1.05 bits per heavy atom. The number of aromatic nitrogens is 2. The van der Waals surface area contributed by atoms with E-state index in [9.17, 15) is 14.7 Å². The monoisotopic (exact) mass is 522 g/mol. The Morgan fingerprint density at radius 2 is 1.76 bits per heavy atom. The van der Waals surface area contributed by atoms with Crippen LogP contribution in [0, 0.1) is 5.92 Å². The first-order valence-electron chi connectivity index (χ1n) is 12.3. The maximum absolute atomic E-state index is 13.0. The van der Waals surface area contributed by atoms with Gasteiger partial charge in [0.15, 0.2) is 5.82 Å². The van der Waals surface area contributed by atoms with Gasteiger partial charge in [-0.1, -0.05) is 41.9 Å². The van der Waals surface area contributed by atoms with Crippen molar-refractivity contribution >= 4 is 29.3 Å². The van der Waals surface area contributed by atoms with Gasteiger partial charge in [0.05, 0.1) is 12.3 Å². The van der Waals surface area contributed by atoms with E-state index in [1.807, 2.05) is 69.3 Å². The smallest absolute Gasteiger partial charge is 0.410 e. The summed E-state index contributed by atoms with van der Waals surface area (Å²) in [5.74, 6) is 0.142. The molecule has 0 aliphatic carbocycles. The molecule has 37 heavy (non-hydrogen) atoms. The number of anilines is 1. The van der Waals surface area contributed by atoms with Crippen molar-refractivity contribution < 1.29 is 19.4 Å². The molecule has 1 fully saturated rings. The minimum Gasteiger partial charge on any atom is -0.444 e. The van der Waals surface area contributed by atoms with Crippen LogP contribution in [-0.4, -0.2) is 50.7 Å². The molecule has 3 aromatic rings. The number of carbonyl (C=O) groups excluding carboxylic acids is 2. The number of aliphatic hydroxyl groups is 1. The van der Waals surface area contributed by atoms with Crippen molar-refractivity contribution in [1.82, 2.24) is 14.9 Å². The number of ether oxygens (including phenoxy) is 1. The van der Waals surface area contributed by atoms with Crippen LogP contribution in [0.4, 0.5) is 10.5 Å². The maximum Gasteiger partial charge on any atom is 0.410 e. The first-order valence-corrected chi connectivity index (χ1v) is 12.6. The van der Waals surface area contributed by atoms with Gasteiger partial charge in [-0.05, 0) is 57.4 Å². The van der Waals surface area contributed by atoms with Crippen molar-refractivity contribution in [1.29, 1.82) is 0 Å². The van der Waals surface area contributed by atoms with Crippen LogP contribution in [0.15, 0.2) is 54.6 Å². The lowest BCUT2D eigenvalue weighted by atomic mass is 9.96. The summed E-state index contributed by atoms with van der Waals surface area (Å²) in [6.07, 6.45) is 0.791. The molecule has 0 atom stereocenters. The summed E-state index contributed by atoms with van der Waals surface area (Å²) in [6, 6.07) is 16.4. The van der Waals surface area contributed by atoms with Crippen LogP contribution in [0.1, 0.15) is 39.2 Å². The van der Waals surface area contributed by atoms with Gasteiger partial charge in [-0.25, -0.2) is 14.8 Å². The summed E-state index contributed by atoms with van der Waals surface area (Å²) >= 11 is 6.31. The minimum absolute atomic E-state index is 0.0682. The molecule has 2 aromatic carbocycles. The van der Waals surface area contributed by atoms with Gasteiger partial charge < -0.3 is 20.1 Å². The number of hydrogen-bond acceptors (Lipinski definition) is 6. The summed E-state index contributed by atoms with van der Waals surface area (Å²) in [4.78, 5) is 35.9. The second-order valence-corrected chi connectivity index (χ2v) is 10.5. The third-order valence-corrected chi connectivity index (χ3v) is 6.20. The summed E-state index contributed by atoms with van der Waals surface area (Å²) in [5, 5.41) is 12.7. The SMILES string of the molecule is CC(C)(C)OC(=O)N1CCC(C(=O)Nc2cccc(-c3nc(Cl)cc(-c4cccc(CO)c4)n3)c2)CC1. The molecule has 1 aromatic heterocycles. The fourth-order valence-corrected chi connectivity index (χ4v) is 4.34. The molecule has 0 bridgehead atoms. The molecule has 8 nitrogen and oxygen atoms in total. The van der Waals surface area contributed by atoms with Crippen molar-refractivity contribution in [2.24, 2.45) is 5.92 Å². The zero-order valence-corrected chi connectivity index (χ0v) is 22.0. The molecule has 2 N–H and O–H groups in total. The highest BCUT2D eigenvalue weighted by atomic mass is 35.5. The zero-order valence-electron chi connectivity index (χ0n) is 21.2. The van der Waals surface area contributed by atoms with Gasteiger partial charge in [0, 0.05) is 41.9 Å². The molecule has 9 heteroatoms. The normalized spacial score (nSPS) is 14.4. The largest absolute Gasteiger partial charge is 0.444 e. The van der Waals surface area contributed by atoms with Crippen molar-refractivity contribution in [3.63, 3.8) is 0 Å². The standard InChI is InChI=1S/C28H31ClN4O4/c1-28(2,3)37-27(36)33-12-10-19(11-13-33)26(35)30-22-9-5-8-21(15-22)25-31-23(16-24(29)32-25)20-7-4-6-18(14-20)17-34/h4-9,14-16,19,34H,10-13,17H2,1-3H3,(H,30,35). The van der Waals surface area contributed by atoms with Crippen molar-refractivity contribution in [2.75, 3.05) is 18.4 Å². The predicted molar refractivity (Wildman–Crippen MR) is 143 cm³/mol. The van der Waals surface area contributed by atoms with Crippen molar-refractivity contribution in [3.05, 3.63) is 65.3 Å². The molecule has 4 rings (SSSR count). The summed E-state index contributed by atoms with van der Waals surface area (Å²) in [5.41, 5.74) is 3.02. The van der Waals surface area contributed by atoms with Crippen LogP contribution < -0.4 is 5.32 Å². The van der Waals surface area contributed by atoms with E-state index in [1.165, 1.54) is 0 Å². The molecule has 2 heterocycles. The second kappa shape index (κ2) is 11.3. The van der Waals surface area contributed by atoms with E-state index in [0.29, 0.717) is 53.9 Å². The summed E-state index contributed by atoms with van der Waals surface area (Å²) in [6.45, 7) is 6.39. The van der Waals surface area contributed by atoms with E-state index in [-0.39, 0.29) is 24.5 Å². The van der Waals surface area contributed by atoms with Crippen molar-refractivity contribution in [2.45, 2.75) is 45.8 Å². The Morgan fingerprint density at radius 3 is 2.46 bits per heavy atom. The van der Waals surface area contributed by atoms with E-state index in [0.717, 1.165) is 11.1 Å². The van der Waals surface area contributed by atoms with Gasteiger partial charge in [-0.2, -0.15) is 0 Å². The molecule has 0 unspecified atom stereocenters. The predicted octanol–water partition coefficient (Wildman–Crippen LogP) is 5.54. The molecule has 1 aliphatic heterocycles. The number of nitrogens with zero attached hydrogens (tertiary/aromatic N) is 3. The molecular weight excluding hydrogens is 492 g/mol. The van der Waals surface area contributed by atoms with Gasteiger partial charge >= 0.3 is 6.09 Å². The highest BCUT2D eigenvalue weighted by molar-refractivity contribution is 6.29. The van der Waals surface area contributed by atoms with Gasteiger partial charge in [-0.15, -0.1) is 0 Å². The van der Waals surface area contributed by atoms with Crippen LogP contribution in [0.5, 0.6) is 0 Å². The maximum atomic E-state index is 13.0. The third kappa shape index (κ3) is 7.05. The average Bonchev–Trinajstić information content (AvgIpc) is 2.87. The number of aliphatic hydroxyl groups excluding tert-OH is 1. The number of rotatable bonds is 5. The Kier molecular flexibility index (Phi) is 8.10. The third-order valence-electron chi connectivity index (χ3n) is 6.01. The van der Waals surface area contributed by atoms with Crippen LogP contribution in [-0.2, 0) is 16.1 Å². The molecular formula is C28H31ClN4O4. The summed E-state index contributed by atoms with van der Waals surface area (Å²) < 4.78 is 5.43. The Hall–Kier alpha value is -3.49. The lowest BCUT2D eigenvalue weighted by Crippen LogP contribution is -2.43. The number of amides is 2. The van der Waals surface area contributed by atoms with Crippen LogP contribution in [0.2, 0.25) is 5.15 Å².